The molecule has 1 aromatic heterocycles. The van der Waals surface area contributed by atoms with Crippen molar-refractivity contribution in [2.45, 2.75) is 13.5 Å². The lowest BCUT2D eigenvalue weighted by Gasteiger charge is -2.05. The average molecular weight is 199 g/mol. The predicted octanol–water partition coefficient (Wildman–Crippen LogP) is 2.40. The van der Waals surface area contributed by atoms with Crippen LogP contribution < -0.4 is 5.32 Å². The van der Waals surface area contributed by atoms with E-state index in [0.717, 1.165) is 12.4 Å². The van der Waals surface area contributed by atoms with Crippen LogP contribution >= 0.6 is 0 Å². The van der Waals surface area contributed by atoms with Crippen molar-refractivity contribution in [3.8, 4) is 0 Å². The van der Waals surface area contributed by atoms with E-state index in [1.807, 2.05) is 0 Å². The number of nitrogens with one attached hydrogen (secondary N) is 1. The molecule has 0 fully saturated rings. The summed E-state index contributed by atoms with van der Waals surface area (Å²) in [7, 11) is 0. The van der Waals surface area contributed by atoms with Crippen molar-refractivity contribution in [2.24, 2.45) is 0 Å². The van der Waals surface area contributed by atoms with Gasteiger partial charge in [0.15, 0.2) is 0 Å². The maximum absolute atomic E-state index is 4.14. The first-order chi connectivity index (χ1) is 7.34. The van der Waals surface area contributed by atoms with E-state index < -0.39 is 0 Å². The van der Waals surface area contributed by atoms with Gasteiger partial charge in [0, 0.05) is 18.9 Å². The molecule has 0 aliphatic heterocycles. The van der Waals surface area contributed by atoms with Gasteiger partial charge in [0.05, 0.1) is 6.20 Å². The number of anilines is 1. The number of benzene rings is 1. The Morgan fingerprint density at radius 2 is 2.20 bits per heavy atom. The lowest BCUT2D eigenvalue weighted by molar-refractivity contribution is 1.08. The molecule has 0 saturated heterocycles. The van der Waals surface area contributed by atoms with Gasteiger partial charge in [0.25, 0.3) is 0 Å². The first-order valence-electron chi connectivity index (χ1n) is 4.90. The summed E-state index contributed by atoms with van der Waals surface area (Å²) in [4.78, 5) is 8.13. The number of hydrogen-bond donors (Lipinski definition) is 1. The van der Waals surface area contributed by atoms with Crippen LogP contribution in [0.1, 0.15) is 11.1 Å². The Morgan fingerprint density at radius 3 is 2.93 bits per heavy atom. The lowest BCUT2D eigenvalue weighted by atomic mass is 10.1. The number of nitrogens with zero attached hydrogens (tertiary/aromatic N) is 2. The van der Waals surface area contributed by atoms with Gasteiger partial charge in [-0.25, -0.2) is 4.98 Å². The van der Waals surface area contributed by atoms with Crippen molar-refractivity contribution < 1.29 is 0 Å². The second-order valence-electron chi connectivity index (χ2n) is 3.43. The number of hydrogen-bond acceptors (Lipinski definition) is 3. The molecule has 0 saturated carbocycles. The van der Waals surface area contributed by atoms with Gasteiger partial charge in [-0.1, -0.05) is 29.8 Å². The summed E-state index contributed by atoms with van der Waals surface area (Å²) in [5, 5.41) is 3.21. The molecule has 0 aliphatic rings. The van der Waals surface area contributed by atoms with Crippen LogP contribution in [0.2, 0.25) is 0 Å². The molecule has 0 aliphatic carbocycles. The van der Waals surface area contributed by atoms with Crippen molar-refractivity contribution >= 4 is 5.82 Å². The van der Waals surface area contributed by atoms with Crippen LogP contribution in [0.25, 0.3) is 0 Å². The normalized spacial score (nSPS) is 9.93. The van der Waals surface area contributed by atoms with Gasteiger partial charge in [0.2, 0.25) is 0 Å². The van der Waals surface area contributed by atoms with Gasteiger partial charge in [-0.3, -0.25) is 4.98 Å². The number of aryl methyl sites for hydroxylation is 1. The zero-order valence-electron chi connectivity index (χ0n) is 8.64. The van der Waals surface area contributed by atoms with E-state index in [9.17, 15) is 0 Å². The SMILES string of the molecule is Cc1cccc(CNc2cnccn2)c1. The molecule has 0 radical (unpaired) electrons. The smallest absolute Gasteiger partial charge is 0.144 e. The largest absolute Gasteiger partial charge is 0.365 e. The zero-order valence-corrected chi connectivity index (χ0v) is 8.64. The van der Waals surface area contributed by atoms with Crippen LogP contribution in [0, 0.1) is 6.92 Å². The van der Waals surface area contributed by atoms with Crippen LogP contribution in [0.5, 0.6) is 0 Å². The Labute approximate surface area is 89.2 Å². The van der Waals surface area contributed by atoms with E-state index in [1.54, 1.807) is 18.6 Å². The minimum Gasteiger partial charge on any atom is -0.365 e. The summed E-state index contributed by atoms with van der Waals surface area (Å²) in [5.41, 5.74) is 2.52. The summed E-state index contributed by atoms with van der Waals surface area (Å²) < 4.78 is 0. The molecule has 3 heteroatoms. The molecule has 0 atom stereocenters. The van der Waals surface area contributed by atoms with Gasteiger partial charge in [-0.15, -0.1) is 0 Å². The van der Waals surface area contributed by atoms with E-state index in [1.165, 1.54) is 11.1 Å². The second-order valence-corrected chi connectivity index (χ2v) is 3.43. The van der Waals surface area contributed by atoms with Gasteiger partial charge in [-0.05, 0) is 12.5 Å². The van der Waals surface area contributed by atoms with E-state index in [-0.39, 0.29) is 0 Å². The Kier molecular flexibility index (Phi) is 2.93. The summed E-state index contributed by atoms with van der Waals surface area (Å²) in [6, 6.07) is 8.40. The van der Waals surface area contributed by atoms with Gasteiger partial charge in [-0.2, -0.15) is 0 Å². The maximum Gasteiger partial charge on any atom is 0.144 e. The molecular weight excluding hydrogens is 186 g/mol. The van der Waals surface area contributed by atoms with Crippen LogP contribution in [0.15, 0.2) is 42.9 Å². The van der Waals surface area contributed by atoms with Crippen LogP contribution in [-0.2, 0) is 6.54 Å². The Morgan fingerprint density at radius 1 is 1.27 bits per heavy atom. The third kappa shape index (κ3) is 2.77. The van der Waals surface area contributed by atoms with Gasteiger partial charge in [0.1, 0.15) is 5.82 Å². The molecule has 1 heterocycles. The summed E-state index contributed by atoms with van der Waals surface area (Å²) in [6.45, 7) is 2.87. The maximum atomic E-state index is 4.14. The molecule has 1 N–H and O–H groups in total. The monoisotopic (exact) mass is 199 g/mol. The van der Waals surface area contributed by atoms with Crippen molar-refractivity contribution in [1.29, 1.82) is 0 Å². The van der Waals surface area contributed by atoms with Crippen molar-refractivity contribution in [1.82, 2.24) is 9.97 Å². The van der Waals surface area contributed by atoms with Gasteiger partial charge >= 0.3 is 0 Å². The van der Waals surface area contributed by atoms with Crippen LogP contribution in [0.4, 0.5) is 5.82 Å². The molecule has 0 spiro atoms. The zero-order chi connectivity index (χ0) is 10.5. The highest BCUT2D eigenvalue weighted by atomic mass is 15.0. The van der Waals surface area contributed by atoms with E-state index >= 15 is 0 Å². The van der Waals surface area contributed by atoms with Crippen molar-refractivity contribution in [3.63, 3.8) is 0 Å². The fourth-order valence-electron chi connectivity index (χ4n) is 1.41. The Balaban J connectivity index is 1.99. The third-order valence-electron chi connectivity index (χ3n) is 2.12. The topological polar surface area (TPSA) is 37.8 Å². The Hall–Kier alpha value is -1.90. The molecule has 2 rings (SSSR count). The molecule has 0 bridgehead atoms. The summed E-state index contributed by atoms with van der Waals surface area (Å²) >= 11 is 0. The first-order valence-corrected chi connectivity index (χ1v) is 4.90. The molecule has 3 nitrogen and oxygen atoms in total. The quantitative estimate of drug-likeness (QED) is 0.824. The standard InChI is InChI=1S/C12H13N3/c1-10-3-2-4-11(7-10)8-15-12-9-13-5-6-14-12/h2-7,9H,8H2,1H3,(H,14,15). The average Bonchev–Trinajstić information content (AvgIpc) is 2.28. The van der Waals surface area contributed by atoms with Crippen molar-refractivity contribution in [2.75, 3.05) is 5.32 Å². The summed E-state index contributed by atoms with van der Waals surface area (Å²) in [6.07, 6.45) is 5.06. The minimum atomic E-state index is 0.778. The fraction of sp³-hybridized carbons (Fsp3) is 0.167. The Bertz CT molecular complexity index is 426. The molecule has 2 aromatic rings. The predicted molar refractivity (Wildman–Crippen MR) is 60.5 cm³/mol. The van der Waals surface area contributed by atoms with E-state index in [0.29, 0.717) is 0 Å². The fourth-order valence-corrected chi connectivity index (χ4v) is 1.41. The van der Waals surface area contributed by atoms with Crippen LogP contribution in [0.3, 0.4) is 0 Å². The second kappa shape index (κ2) is 4.55. The first kappa shape index (κ1) is 9.65. The summed E-state index contributed by atoms with van der Waals surface area (Å²) in [5.74, 6) is 0.805. The minimum absolute atomic E-state index is 0.778. The number of aromatic nitrogens is 2. The highest BCUT2D eigenvalue weighted by molar-refractivity contribution is 5.32. The molecule has 0 amide bonds. The van der Waals surface area contributed by atoms with E-state index in [2.05, 4.69) is 46.5 Å². The lowest BCUT2D eigenvalue weighted by Crippen LogP contribution is -2.01. The van der Waals surface area contributed by atoms with Gasteiger partial charge < -0.3 is 5.32 Å². The molecule has 15 heavy (non-hydrogen) atoms. The number of rotatable bonds is 3. The molecular formula is C12H13N3. The molecule has 1 aromatic carbocycles. The third-order valence-corrected chi connectivity index (χ3v) is 2.12. The highest BCUT2D eigenvalue weighted by Crippen LogP contribution is 2.06. The van der Waals surface area contributed by atoms with Crippen LogP contribution in [-0.4, -0.2) is 9.97 Å². The molecule has 76 valence electrons. The molecule has 0 unspecified atom stereocenters. The van der Waals surface area contributed by atoms with E-state index in [4.69, 9.17) is 0 Å². The van der Waals surface area contributed by atoms with Crippen molar-refractivity contribution in [3.05, 3.63) is 54.0 Å². The highest BCUT2D eigenvalue weighted by Gasteiger charge is 1.94.